The monoisotopic (exact) mass is 326 g/mol. The average molecular weight is 326 g/mol. The normalized spacial score (nSPS) is 11.8. The molecule has 5 heteroatoms. The zero-order chi connectivity index (χ0) is 17.5. The van der Waals surface area contributed by atoms with E-state index in [1.165, 1.54) is 0 Å². The summed E-state index contributed by atoms with van der Waals surface area (Å²) in [6.45, 7) is 9.89. The van der Waals surface area contributed by atoms with Gasteiger partial charge in [-0.3, -0.25) is 0 Å². The Labute approximate surface area is 142 Å². The zero-order valence-electron chi connectivity index (χ0n) is 14.5. The van der Waals surface area contributed by atoms with Crippen molar-refractivity contribution in [1.29, 1.82) is 0 Å². The van der Waals surface area contributed by atoms with Crippen molar-refractivity contribution in [3.05, 3.63) is 60.2 Å². The summed E-state index contributed by atoms with van der Waals surface area (Å²) in [5.74, 6) is 1.73. The molecule has 5 nitrogen and oxygen atoms in total. The van der Waals surface area contributed by atoms with E-state index in [0.29, 0.717) is 18.2 Å². The Bertz CT molecular complexity index is 753. The lowest BCUT2D eigenvalue weighted by molar-refractivity contribution is 0.314. The summed E-state index contributed by atoms with van der Waals surface area (Å²) < 4.78 is 16.4. The summed E-state index contributed by atoms with van der Waals surface area (Å²) in [4.78, 5) is 4.33. The number of rotatable bonds is 7. The van der Waals surface area contributed by atoms with Gasteiger partial charge >= 0.3 is 0 Å². The molecule has 0 fully saturated rings. The highest BCUT2D eigenvalue weighted by molar-refractivity contribution is 5.68. The molecule has 0 N–H and O–H groups in total. The Hall–Kier alpha value is -2.82. The van der Waals surface area contributed by atoms with E-state index in [9.17, 15) is 0 Å². The number of aromatic nitrogens is 2. The maximum atomic E-state index is 5.88. The van der Waals surface area contributed by atoms with E-state index >= 15 is 0 Å². The van der Waals surface area contributed by atoms with Crippen LogP contribution in [0.4, 0.5) is 0 Å². The predicted molar refractivity (Wildman–Crippen MR) is 94.3 cm³/mol. The molecule has 0 aromatic carbocycles. The van der Waals surface area contributed by atoms with Crippen LogP contribution in [0.5, 0.6) is 11.6 Å². The van der Waals surface area contributed by atoms with Crippen molar-refractivity contribution in [3.8, 4) is 22.8 Å². The van der Waals surface area contributed by atoms with Crippen molar-refractivity contribution in [2.24, 2.45) is 0 Å². The molecule has 0 aliphatic rings. The van der Waals surface area contributed by atoms with Gasteiger partial charge in [-0.15, -0.1) is 0 Å². The van der Waals surface area contributed by atoms with Gasteiger partial charge in [-0.2, -0.15) is 0 Å². The Morgan fingerprint density at radius 3 is 2.75 bits per heavy atom. The first-order chi connectivity index (χ1) is 11.6. The van der Waals surface area contributed by atoms with E-state index in [4.69, 9.17) is 14.0 Å². The second-order valence-electron chi connectivity index (χ2n) is 5.19. The quantitative estimate of drug-likeness (QED) is 0.705. The second-order valence-corrected chi connectivity index (χ2v) is 5.19. The minimum atomic E-state index is 0.372. The maximum Gasteiger partial charge on any atom is 0.256 e. The number of ether oxygens (including phenoxy) is 2. The van der Waals surface area contributed by atoms with Crippen LogP contribution in [0, 0.1) is 13.8 Å². The van der Waals surface area contributed by atoms with Gasteiger partial charge in [0.1, 0.15) is 12.4 Å². The van der Waals surface area contributed by atoms with Crippen LogP contribution in [-0.2, 0) is 0 Å². The Kier molecular flexibility index (Phi) is 5.95. The Balaban J connectivity index is 2.31. The molecule has 0 atom stereocenters. The van der Waals surface area contributed by atoms with Crippen LogP contribution in [-0.4, -0.2) is 23.9 Å². The van der Waals surface area contributed by atoms with E-state index in [2.05, 4.69) is 16.7 Å². The van der Waals surface area contributed by atoms with Gasteiger partial charge in [0.25, 0.3) is 5.88 Å². The molecule has 0 aliphatic carbocycles. The number of hydrogen-bond donors (Lipinski definition) is 0. The maximum absolute atomic E-state index is 5.88. The van der Waals surface area contributed by atoms with Crippen molar-refractivity contribution in [1.82, 2.24) is 10.1 Å². The molecule has 2 aromatic rings. The van der Waals surface area contributed by atoms with E-state index in [-0.39, 0.29) is 0 Å². The third-order valence-electron chi connectivity index (χ3n) is 3.49. The summed E-state index contributed by atoms with van der Waals surface area (Å²) in [5.41, 5.74) is 3.56. The number of allylic oxidation sites excluding steroid dienone is 3. The van der Waals surface area contributed by atoms with Gasteiger partial charge in [-0.05, 0) is 32.4 Å². The van der Waals surface area contributed by atoms with Gasteiger partial charge in [-0.1, -0.05) is 36.0 Å². The van der Waals surface area contributed by atoms with Crippen molar-refractivity contribution in [2.75, 3.05) is 13.7 Å². The summed E-state index contributed by atoms with van der Waals surface area (Å²) in [5, 5.41) is 3.98. The third kappa shape index (κ3) is 3.93. The molecule has 0 spiro atoms. The highest BCUT2D eigenvalue weighted by atomic mass is 16.5. The van der Waals surface area contributed by atoms with Crippen molar-refractivity contribution >= 4 is 0 Å². The number of pyridine rings is 1. The van der Waals surface area contributed by atoms with Crippen molar-refractivity contribution < 1.29 is 14.0 Å². The van der Waals surface area contributed by atoms with E-state index in [0.717, 1.165) is 28.2 Å². The van der Waals surface area contributed by atoms with Crippen molar-refractivity contribution in [3.63, 3.8) is 0 Å². The molecular formula is C19H22N2O3. The van der Waals surface area contributed by atoms with E-state index in [1.54, 1.807) is 19.4 Å². The number of hydrogen-bond acceptors (Lipinski definition) is 5. The molecule has 0 amide bonds. The van der Waals surface area contributed by atoms with Gasteiger partial charge < -0.3 is 14.0 Å². The molecule has 2 rings (SSSR count). The number of methoxy groups -OCH3 is 1. The predicted octanol–water partition coefficient (Wildman–Crippen LogP) is 4.43. The van der Waals surface area contributed by atoms with Crippen LogP contribution >= 0.6 is 0 Å². The fourth-order valence-electron chi connectivity index (χ4n) is 2.28. The smallest absolute Gasteiger partial charge is 0.256 e. The first-order valence-electron chi connectivity index (χ1n) is 7.65. The molecule has 24 heavy (non-hydrogen) atoms. The summed E-state index contributed by atoms with van der Waals surface area (Å²) in [6.07, 6.45) is 9.32. The van der Waals surface area contributed by atoms with E-state index in [1.807, 2.05) is 45.1 Å². The molecule has 0 bridgehead atoms. The first-order valence-corrected chi connectivity index (χ1v) is 7.65. The van der Waals surface area contributed by atoms with Crippen molar-refractivity contribution in [2.45, 2.75) is 20.8 Å². The summed E-state index contributed by atoms with van der Waals surface area (Å²) in [6, 6.07) is 1.88. The molecule has 0 saturated carbocycles. The van der Waals surface area contributed by atoms with E-state index < -0.39 is 0 Å². The van der Waals surface area contributed by atoms with Gasteiger partial charge in [0.05, 0.1) is 12.8 Å². The molecule has 2 heterocycles. The van der Waals surface area contributed by atoms with Crippen LogP contribution < -0.4 is 9.47 Å². The summed E-state index contributed by atoms with van der Waals surface area (Å²) in [7, 11) is 1.56. The SMILES string of the molecule is C=C/C(=C\C=C/C)COc1cc(-c2c(C)noc2C)cnc1OC. The molecular weight excluding hydrogens is 304 g/mol. The fourth-order valence-corrected chi connectivity index (χ4v) is 2.28. The zero-order valence-corrected chi connectivity index (χ0v) is 14.5. The summed E-state index contributed by atoms with van der Waals surface area (Å²) >= 11 is 0. The minimum Gasteiger partial charge on any atom is -0.483 e. The van der Waals surface area contributed by atoms with Gasteiger partial charge in [0.2, 0.25) is 0 Å². The van der Waals surface area contributed by atoms with Crippen LogP contribution in [0.1, 0.15) is 18.4 Å². The van der Waals surface area contributed by atoms with Crippen LogP contribution in [0.3, 0.4) is 0 Å². The molecule has 126 valence electrons. The lowest BCUT2D eigenvalue weighted by atomic mass is 10.1. The number of aryl methyl sites for hydroxylation is 2. The lowest BCUT2D eigenvalue weighted by Crippen LogP contribution is -2.02. The molecule has 0 unspecified atom stereocenters. The van der Waals surface area contributed by atoms with Gasteiger partial charge in [0.15, 0.2) is 5.75 Å². The lowest BCUT2D eigenvalue weighted by Gasteiger charge is -2.11. The fraction of sp³-hybridized carbons (Fsp3) is 0.263. The standard InChI is InChI=1S/C19H22N2O3/c1-6-8-9-15(7-2)12-23-17-10-16(11-20-19(17)22-5)18-13(3)21-24-14(18)4/h6-11H,2,12H2,1,3-5H3/b8-6-,15-9+. The Morgan fingerprint density at radius 2 is 2.17 bits per heavy atom. The first kappa shape index (κ1) is 17.5. The highest BCUT2D eigenvalue weighted by Crippen LogP contribution is 2.33. The minimum absolute atomic E-state index is 0.372. The molecule has 2 aromatic heterocycles. The van der Waals surface area contributed by atoms with Crippen LogP contribution in [0.2, 0.25) is 0 Å². The molecule has 0 aliphatic heterocycles. The Morgan fingerprint density at radius 1 is 1.38 bits per heavy atom. The molecule has 0 radical (unpaired) electrons. The number of nitrogens with zero attached hydrogens (tertiary/aromatic N) is 2. The second kappa shape index (κ2) is 8.15. The third-order valence-corrected chi connectivity index (χ3v) is 3.49. The van der Waals surface area contributed by atoms with Gasteiger partial charge in [0, 0.05) is 17.3 Å². The average Bonchev–Trinajstić information content (AvgIpc) is 2.93. The topological polar surface area (TPSA) is 57.4 Å². The van der Waals surface area contributed by atoms with Crippen LogP contribution in [0.25, 0.3) is 11.1 Å². The van der Waals surface area contributed by atoms with Gasteiger partial charge in [-0.25, -0.2) is 4.98 Å². The largest absolute Gasteiger partial charge is 0.483 e. The highest BCUT2D eigenvalue weighted by Gasteiger charge is 2.15. The molecule has 0 saturated heterocycles. The van der Waals surface area contributed by atoms with Crippen LogP contribution in [0.15, 0.2) is 53.2 Å².